The Labute approximate surface area is 131 Å². The Hall–Kier alpha value is -0.940. The third-order valence-electron chi connectivity index (χ3n) is 3.16. The molecule has 0 heterocycles. The fourth-order valence-electron chi connectivity index (χ4n) is 2.09. The van der Waals surface area contributed by atoms with Crippen LogP contribution in [0, 0.1) is 5.82 Å². The van der Waals surface area contributed by atoms with Crippen LogP contribution in [0.1, 0.15) is 11.1 Å². The van der Waals surface area contributed by atoms with Crippen molar-refractivity contribution >= 4 is 27.5 Å². The van der Waals surface area contributed by atoms with E-state index in [1.807, 2.05) is 30.3 Å². The molecule has 0 saturated heterocycles. The average Bonchev–Trinajstić information content (AvgIpc) is 2.45. The summed E-state index contributed by atoms with van der Waals surface area (Å²) in [4.78, 5) is 0. The van der Waals surface area contributed by atoms with Crippen molar-refractivity contribution in [3.63, 3.8) is 0 Å². The Bertz CT molecular complexity index is 592. The molecule has 0 saturated carbocycles. The van der Waals surface area contributed by atoms with Crippen molar-refractivity contribution in [2.75, 3.05) is 0 Å². The van der Waals surface area contributed by atoms with Crippen molar-refractivity contribution in [3.05, 3.63) is 68.9 Å². The normalized spacial score (nSPS) is 12.4. The molecule has 0 aliphatic carbocycles. The van der Waals surface area contributed by atoms with Gasteiger partial charge in [-0.2, -0.15) is 0 Å². The second-order valence-corrected chi connectivity index (χ2v) is 5.81. The zero-order valence-electron chi connectivity index (χ0n) is 10.7. The maximum absolute atomic E-state index is 13.4. The van der Waals surface area contributed by atoms with Gasteiger partial charge in [-0.05, 0) is 36.1 Å². The molecule has 20 heavy (non-hydrogen) atoms. The topological polar surface area (TPSA) is 38.0 Å². The van der Waals surface area contributed by atoms with Gasteiger partial charge < -0.3 is 0 Å². The molecule has 0 fully saturated rings. The zero-order valence-corrected chi connectivity index (χ0v) is 13.1. The van der Waals surface area contributed by atoms with E-state index in [0.717, 1.165) is 22.0 Å². The molecule has 2 aromatic rings. The third-order valence-corrected chi connectivity index (χ3v) is 4.35. The molecule has 0 radical (unpaired) electrons. The zero-order chi connectivity index (χ0) is 14.5. The van der Waals surface area contributed by atoms with Gasteiger partial charge in [0.1, 0.15) is 5.82 Å². The van der Waals surface area contributed by atoms with E-state index in [-0.39, 0.29) is 11.1 Å². The summed E-state index contributed by atoms with van der Waals surface area (Å²) in [5, 5.41) is 0.167. The van der Waals surface area contributed by atoms with Gasteiger partial charge >= 0.3 is 0 Å². The van der Waals surface area contributed by atoms with E-state index in [2.05, 4.69) is 21.4 Å². The van der Waals surface area contributed by atoms with Crippen molar-refractivity contribution in [2.45, 2.75) is 18.9 Å². The van der Waals surface area contributed by atoms with Crippen LogP contribution in [-0.2, 0) is 12.8 Å². The molecule has 3 N–H and O–H groups in total. The van der Waals surface area contributed by atoms with E-state index in [9.17, 15) is 4.39 Å². The van der Waals surface area contributed by atoms with Gasteiger partial charge in [0.05, 0.1) is 5.02 Å². The minimum Gasteiger partial charge on any atom is -0.271 e. The Balaban J connectivity index is 2.14. The van der Waals surface area contributed by atoms with Gasteiger partial charge in [-0.3, -0.25) is 11.3 Å². The molecule has 106 valence electrons. The fraction of sp³-hybridized carbons (Fsp3) is 0.200. The van der Waals surface area contributed by atoms with Crippen LogP contribution in [0.5, 0.6) is 0 Å². The van der Waals surface area contributed by atoms with Gasteiger partial charge in [-0.25, -0.2) is 4.39 Å². The van der Waals surface area contributed by atoms with Gasteiger partial charge in [0.25, 0.3) is 0 Å². The molecule has 5 heteroatoms. The molecule has 1 atom stereocenters. The van der Waals surface area contributed by atoms with Gasteiger partial charge in [0, 0.05) is 10.5 Å². The van der Waals surface area contributed by atoms with Crippen LogP contribution < -0.4 is 11.3 Å². The van der Waals surface area contributed by atoms with E-state index in [0.29, 0.717) is 6.42 Å². The van der Waals surface area contributed by atoms with Gasteiger partial charge in [-0.15, -0.1) is 0 Å². The number of rotatable bonds is 5. The number of nitrogens with two attached hydrogens (primary N) is 1. The van der Waals surface area contributed by atoms with E-state index >= 15 is 0 Å². The molecule has 0 bridgehead atoms. The van der Waals surface area contributed by atoms with Crippen molar-refractivity contribution in [3.8, 4) is 0 Å². The van der Waals surface area contributed by atoms with Crippen molar-refractivity contribution < 1.29 is 4.39 Å². The largest absolute Gasteiger partial charge is 0.271 e. The van der Waals surface area contributed by atoms with Crippen LogP contribution in [0.3, 0.4) is 0 Å². The molecular weight excluding hydrogens is 343 g/mol. The first kappa shape index (κ1) is 15.4. The molecular formula is C15H15BrClFN2. The summed E-state index contributed by atoms with van der Waals surface area (Å²) in [5.74, 6) is 5.20. The molecule has 0 amide bonds. The predicted octanol–water partition coefficient (Wildman–Crippen LogP) is 3.86. The molecule has 0 aromatic heterocycles. The maximum Gasteiger partial charge on any atom is 0.142 e. The van der Waals surface area contributed by atoms with Gasteiger partial charge in [0.2, 0.25) is 0 Å². The molecule has 0 spiro atoms. The van der Waals surface area contributed by atoms with Crippen LogP contribution in [0.15, 0.2) is 46.9 Å². The Kier molecular flexibility index (Phi) is 5.54. The van der Waals surface area contributed by atoms with Crippen LogP contribution in [-0.4, -0.2) is 6.04 Å². The van der Waals surface area contributed by atoms with Crippen LogP contribution in [0.25, 0.3) is 0 Å². The molecule has 2 nitrogen and oxygen atoms in total. The molecule has 2 rings (SSSR count). The quantitative estimate of drug-likeness (QED) is 0.630. The highest BCUT2D eigenvalue weighted by Gasteiger charge is 2.14. The summed E-state index contributed by atoms with van der Waals surface area (Å²) in [5.41, 5.74) is 4.66. The highest BCUT2D eigenvalue weighted by Crippen LogP contribution is 2.23. The van der Waals surface area contributed by atoms with E-state index in [1.165, 1.54) is 6.07 Å². The van der Waals surface area contributed by atoms with Crippen LogP contribution in [0.4, 0.5) is 4.39 Å². The van der Waals surface area contributed by atoms with Crippen LogP contribution in [0.2, 0.25) is 5.02 Å². The molecule has 2 aromatic carbocycles. The smallest absolute Gasteiger partial charge is 0.142 e. The van der Waals surface area contributed by atoms with Crippen molar-refractivity contribution in [2.24, 2.45) is 5.84 Å². The number of nitrogens with one attached hydrogen (secondary N) is 1. The predicted molar refractivity (Wildman–Crippen MR) is 84.1 cm³/mol. The number of hydrogen-bond donors (Lipinski definition) is 2. The Morgan fingerprint density at radius 3 is 2.45 bits per heavy atom. The first-order chi connectivity index (χ1) is 9.61. The van der Waals surface area contributed by atoms with E-state index in [4.69, 9.17) is 17.4 Å². The SMILES string of the molecule is NNC(Cc1ccccc1Br)Cc1cccc(F)c1Cl. The number of benzene rings is 2. The third kappa shape index (κ3) is 3.79. The maximum atomic E-state index is 13.4. The first-order valence-electron chi connectivity index (χ1n) is 6.24. The lowest BCUT2D eigenvalue weighted by Crippen LogP contribution is -2.38. The summed E-state index contributed by atoms with van der Waals surface area (Å²) in [6, 6.07) is 12.8. The standard InChI is InChI=1S/C15H15BrClFN2/c16-13-6-2-1-4-10(13)8-12(20-19)9-11-5-3-7-14(18)15(11)17/h1-7,12,20H,8-9,19H2. The summed E-state index contributed by atoms with van der Waals surface area (Å²) in [6.07, 6.45) is 1.29. The highest BCUT2D eigenvalue weighted by molar-refractivity contribution is 9.10. The van der Waals surface area contributed by atoms with Gasteiger partial charge in [0.15, 0.2) is 0 Å². The lowest BCUT2D eigenvalue weighted by molar-refractivity contribution is 0.520. The summed E-state index contributed by atoms with van der Waals surface area (Å²) in [6.45, 7) is 0. The number of halogens is 3. The second kappa shape index (κ2) is 7.18. The fourth-order valence-corrected chi connectivity index (χ4v) is 2.74. The average molecular weight is 358 g/mol. The number of hydrogen-bond acceptors (Lipinski definition) is 2. The lowest BCUT2D eigenvalue weighted by Gasteiger charge is -2.17. The molecule has 0 aliphatic rings. The second-order valence-electron chi connectivity index (χ2n) is 4.58. The number of hydrazine groups is 1. The molecule has 1 unspecified atom stereocenters. The highest BCUT2D eigenvalue weighted by atomic mass is 79.9. The Morgan fingerprint density at radius 1 is 1.10 bits per heavy atom. The monoisotopic (exact) mass is 356 g/mol. The Morgan fingerprint density at radius 2 is 1.75 bits per heavy atom. The summed E-state index contributed by atoms with van der Waals surface area (Å²) >= 11 is 9.49. The van der Waals surface area contributed by atoms with Crippen molar-refractivity contribution in [1.29, 1.82) is 0 Å². The minimum absolute atomic E-state index is 0.0204. The summed E-state index contributed by atoms with van der Waals surface area (Å²) < 4.78 is 14.5. The van der Waals surface area contributed by atoms with Crippen LogP contribution >= 0.6 is 27.5 Å². The minimum atomic E-state index is -0.402. The van der Waals surface area contributed by atoms with E-state index < -0.39 is 5.82 Å². The van der Waals surface area contributed by atoms with Gasteiger partial charge in [-0.1, -0.05) is 57.9 Å². The van der Waals surface area contributed by atoms with E-state index in [1.54, 1.807) is 6.07 Å². The summed E-state index contributed by atoms with van der Waals surface area (Å²) in [7, 11) is 0. The molecule has 0 aliphatic heterocycles. The first-order valence-corrected chi connectivity index (χ1v) is 7.41. The van der Waals surface area contributed by atoms with Crippen molar-refractivity contribution in [1.82, 2.24) is 5.43 Å². The lowest BCUT2D eigenvalue weighted by atomic mass is 9.99.